The number of carbonyl (C=O) groups is 1. The van der Waals surface area contributed by atoms with Crippen LogP contribution < -0.4 is 10.1 Å². The maximum absolute atomic E-state index is 12.3. The average Bonchev–Trinajstić information content (AvgIpc) is 2.61. The van der Waals surface area contributed by atoms with Gasteiger partial charge in [-0.15, -0.1) is 0 Å². The second-order valence-electron chi connectivity index (χ2n) is 6.52. The van der Waals surface area contributed by atoms with E-state index in [0.29, 0.717) is 24.8 Å². The normalized spacial score (nSPS) is 18.1. The van der Waals surface area contributed by atoms with Gasteiger partial charge in [-0.3, -0.25) is 4.79 Å². The van der Waals surface area contributed by atoms with Crippen LogP contribution >= 0.6 is 0 Å². The third-order valence-corrected chi connectivity index (χ3v) is 4.87. The topological polar surface area (TPSA) is 41.6 Å². The molecule has 1 amide bonds. The van der Waals surface area contributed by atoms with Gasteiger partial charge >= 0.3 is 0 Å². The summed E-state index contributed by atoms with van der Waals surface area (Å²) in [6, 6.07) is 8.49. The summed E-state index contributed by atoms with van der Waals surface area (Å²) in [5.74, 6) is 0.831. The largest absolute Gasteiger partial charge is 0.488 e. The van der Waals surface area contributed by atoms with Crippen LogP contribution in [-0.4, -0.2) is 43.6 Å². The van der Waals surface area contributed by atoms with Crippen LogP contribution in [0.4, 0.5) is 0 Å². The predicted molar refractivity (Wildman–Crippen MR) is 92.4 cm³/mol. The van der Waals surface area contributed by atoms with Gasteiger partial charge in [0.2, 0.25) is 0 Å². The lowest BCUT2D eigenvalue weighted by Crippen LogP contribution is -2.40. The fourth-order valence-electron chi connectivity index (χ4n) is 3.41. The molecule has 0 saturated heterocycles. The van der Waals surface area contributed by atoms with Crippen LogP contribution in [-0.2, 0) is 4.79 Å². The van der Waals surface area contributed by atoms with Crippen molar-refractivity contribution in [3.63, 3.8) is 0 Å². The van der Waals surface area contributed by atoms with E-state index in [2.05, 4.69) is 17.3 Å². The Morgan fingerprint density at radius 1 is 1.26 bits per heavy atom. The zero-order valence-corrected chi connectivity index (χ0v) is 13.9. The number of fused-ring (bicyclic) bond motifs is 1. The van der Waals surface area contributed by atoms with Crippen LogP contribution in [0.2, 0.25) is 0 Å². The van der Waals surface area contributed by atoms with Crippen molar-refractivity contribution in [2.45, 2.75) is 38.1 Å². The molecule has 1 aliphatic carbocycles. The summed E-state index contributed by atoms with van der Waals surface area (Å²) in [6.07, 6.45) is 8.56. The molecule has 1 aliphatic heterocycles. The number of hydrogen-bond donors (Lipinski definition) is 1. The Labute approximate surface area is 138 Å². The van der Waals surface area contributed by atoms with E-state index in [4.69, 9.17) is 4.74 Å². The highest BCUT2D eigenvalue weighted by Crippen LogP contribution is 2.25. The Hall–Kier alpha value is -1.81. The molecule has 0 aromatic heterocycles. The van der Waals surface area contributed by atoms with E-state index >= 15 is 0 Å². The summed E-state index contributed by atoms with van der Waals surface area (Å²) < 4.78 is 5.64. The van der Waals surface area contributed by atoms with Gasteiger partial charge in [-0.25, -0.2) is 0 Å². The highest BCUT2D eigenvalue weighted by molar-refractivity contribution is 5.99. The van der Waals surface area contributed by atoms with E-state index in [1.54, 1.807) is 0 Å². The maximum Gasteiger partial charge on any atom is 0.250 e. The van der Waals surface area contributed by atoms with Crippen LogP contribution in [0.1, 0.15) is 37.7 Å². The van der Waals surface area contributed by atoms with Gasteiger partial charge in [0.15, 0.2) is 0 Å². The average molecular weight is 314 g/mol. The molecular formula is C19H26N2O2. The molecule has 1 heterocycles. The Morgan fingerprint density at radius 3 is 2.87 bits per heavy atom. The molecule has 0 spiro atoms. The van der Waals surface area contributed by atoms with E-state index in [0.717, 1.165) is 17.9 Å². The second-order valence-corrected chi connectivity index (χ2v) is 6.52. The Morgan fingerprint density at radius 2 is 2.04 bits per heavy atom. The first kappa shape index (κ1) is 16.1. The van der Waals surface area contributed by atoms with Crippen LogP contribution in [0.5, 0.6) is 5.75 Å². The smallest absolute Gasteiger partial charge is 0.250 e. The van der Waals surface area contributed by atoms with Gasteiger partial charge in [0.25, 0.3) is 5.91 Å². The number of rotatable bonds is 5. The van der Waals surface area contributed by atoms with E-state index in [-0.39, 0.29) is 5.91 Å². The number of carbonyl (C=O) groups excluding carboxylic acids is 1. The highest BCUT2D eigenvalue weighted by Gasteiger charge is 2.19. The van der Waals surface area contributed by atoms with Gasteiger partial charge in [0.05, 0.1) is 5.57 Å². The van der Waals surface area contributed by atoms with Gasteiger partial charge < -0.3 is 15.0 Å². The molecule has 0 unspecified atom stereocenters. The molecule has 0 radical (unpaired) electrons. The highest BCUT2D eigenvalue weighted by atomic mass is 16.5. The molecule has 1 fully saturated rings. The van der Waals surface area contributed by atoms with Crippen LogP contribution in [0, 0.1) is 0 Å². The Bertz CT molecular complexity index is 576. The summed E-state index contributed by atoms with van der Waals surface area (Å²) in [5, 5.41) is 3.02. The van der Waals surface area contributed by atoms with E-state index in [1.807, 2.05) is 30.3 Å². The van der Waals surface area contributed by atoms with E-state index in [9.17, 15) is 4.79 Å². The third-order valence-electron chi connectivity index (χ3n) is 4.87. The van der Waals surface area contributed by atoms with Crippen molar-refractivity contribution in [3.05, 3.63) is 35.4 Å². The number of ether oxygens (including phenoxy) is 1. The SMILES string of the molecule is CN(CCNC(=O)C1=Cc2ccccc2OC1)C1CCCCC1. The van der Waals surface area contributed by atoms with Gasteiger partial charge in [-0.2, -0.15) is 0 Å². The number of hydrogen-bond acceptors (Lipinski definition) is 3. The van der Waals surface area contributed by atoms with Crippen LogP contribution in [0.3, 0.4) is 0 Å². The number of likely N-dealkylation sites (N-methyl/N-ethyl adjacent to an activating group) is 1. The fraction of sp³-hybridized carbons (Fsp3) is 0.526. The molecule has 2 aliphatic rings. The van der Waals surface area contributed by atoms with Crippen molar-refractivity contribution in [1.29, 1.82) is 0 Å². The number of nitrogens with zero attached hydrogens (tertiary/aromatic N) is 1. The lowest BCUT2D eigenvalue weighted by Gasteiger charge is -2.31. The Balaban J connectivity index is 1.47. The Kier molecular flexibility index (Phi) is 5.34. The first-order chi connectivity index (χ1) is 11.2. The molecular weight excluding hydrogens is 288 g/mol. The minimum absolute atomic E-state index is 0.0171. The van der Waals surface area contributed by atoms with Crippen LogP contribution in [0.15, 0.2) is 29.8 Å². The number of para-hydroxylation sites is 1. The summed E-state index contributed by atoms with van der Waals surface area (Å²) in [7, 11) is 2.17. The molecule has 1 aromatic carbocycles. The van der Waals surface area contributed by atoms with E-state index in [1.165, 1.54) is 32.1 Å². The molecule has 124 valence electrons. The predicted octanol–water partition coefficient (Wildman–Crippen LogP) is 2.84. The minimum Gasteiger partial charge on any atom is -0.488 e. The number of nitrogens with one attached hydrogen (secondary N) is 1. The number of benzene rings is 1. The zero-order chi connectivity index (χ0) is 16.1. The molecule has 1 aromatic rings. The van der Waals surface area contributed by atoms with E-state index < -0.39 is 0 Å². The third kappa shape index (κ3) is 4.14. The molecule has 0 atom stereocenters. The first-order valence-electron chi connectivity index (χ1n) is 8.65. The van der Waals surface area contributed by atoms with Crippen molar-refractivity contribution in [2.24, 2.45) is 0 Å². The van der Waals surface area contributed by atoms with Crippen molar-refractivity contribution < 1.29 is 9.53 Å². The molecule has 1 N–H and O–H groups in total. The molecule has 3 rings (SSSR count). The molecule has 0 bridgehead atoms. The van der Waals surface area contributed by atoms with Gasteiger partial charge in [0, 0.05) is 24.7 Å². The second kappa shape index (κ2) is 7.64. The molecule has 4 heteroatoms. The molecule has 23 heavy (non-hydrogen) atoms. The lowest BCUT2D eigenvalue weighted by molar-refractivity contribution is -0.117. The monoisotopic (exact) mass is 314 g/mol. The fourth-order valence-corrected chi connectivity index (χ4v) is 3.41. The van der Waals surface area contributed by atoms with Crippen LogP contribution in [0.25, 0.3) is 6.08 Å². The summed E-state index contributed by atoms with van der Waals surface area (Å²) in [4.78, 5) is 14.7. The molecule has 1 saturated carbocycles. The van der Waals surface area contributed by atoms with Crippen molar-refractivity contribution in [1.82, 2.24) is 10.2 Å². The summed E-state index contributed by atoms with van der Waals surface area (Å²) >= 11 is 0. The van der Waals surface area contributed by atoms with Crippen molar-refractivity contribution >= 4 is 12.0 Å². The molecule has 4 nitrogen and oxygen atoms in total. The van der Waals surface area contributed by atoms with Crippen molar-refractivity contribution in [3.8, 4) is 5.75 Å². The first-order valence-corrected chi connectivity index (χ1v) is 8.65. The van der Waals surface area contributed by atoms with Crippen molar-refractivity contribution in [2.75, 3.05) is 26.7 Å². The zero-order valence-electron chi connectivity index (χ0n) is 13.9. The minimum atomic E-state index is -0.0171. The maximum atomic E-state index is 12.3. The van der Waals surface area contributed by atoms with Gasteiger partial charge in [-0.1, -0.05) is 37.5 Å². The lowest BCUT2D eigenvalue weighted by atomic mass is 9.94. The standard InChI is InChI=1S/C19H26N2O2/c1-21(17-8-3-2-4-9-17)12-11-20-19(22)16-13-15-7-5-6-10-18(15)23-14-16/h5-7,10,13,17H,2-4,8-9,11-12,14H2,1H3,(H,20,22). The number of amides is 1. The summed E-state index contributed by atoms with van der Waals surface area (Å²) in [5.41, 5.74) is 1.67. The van der Waals surface area contributed by atoms with Gasteiger partial charge in [-0.05, 0) is 32.0 Å². The quantitative estimate of drug-likeness (QED) is 0.908. The summed E-state index contributed by atoms with van der Waals surface area (Å²) in [6.45, 7) is 1.94. The van der Waals surface area contributed by atoms with Gasteiger partial charge in [0.1, 0.15) is 12.4 Å².